The van der Waals surface area contributed by atoms with Crippen LogP contribution < -0.4 is 10.5 Å². The van der Waals surface area contributed by atoms with Crippen molar-refractivity contribution in [2.75, 3.05) is 0 Å². The van der Waals surface area contributed by atoms with Crippen LogP contribution in [0.25, 0.3) is 11.1 Å². The fourth-order valence-electron chi connectivity index (χ4n) is 1.73. The molecule has 3 N–H and O–H groups in total. The van der Waals surface area contributed by atoms with Crippen LogP contribution in [0.4, 0.5) is 4.79 Å². The Morgan fingerprint density at radius 2 is 1.89 bits per heavy atom. The van der Waals surface area contributed by atoms with Gasteiger partial charge in [0.2, 0.25) is 0 Å². The highest BCUT2D eigenvalue weighted by Crippen LogP contribution is 2.32. The Kier molecular flexibility index (Phi) is 4.04. The molecular formula is C14H12ClNO3. The van der Waals surface area contributed by atoms with Crippen molar-refractivity contribution in [2.24, 2.45) is 5.73 Å². The Balaban J connectivity index is 2.46. The molecule has 0 atom stereocenters. The van der Waals surface area contributed by atoms with Crippen LogP contribution in [0.15, 0.2) is 42.5 Å². The number of carboxylic acid groups (broad SMARTS) is 1. The molecule has 0 aliphatic heterocycles. The van der Waals surface area contributed by atoms with Crippen molar-refractivity contribution in [1.82, 2.24) is 0 Å². The molecule has 0 aromatic heterocycles. The van der Waals surface area contributed by atoms with Crippen LogP contribution in [-0.2, 0) is 6.54 Å². The minimum atomic E-state index is -1.36. The highest BCUT2D eigenvalue weighted by atomic mass is 35.5. The molecular weight excluding hydrogens is 266 g/mol. The number of rotatable bonds is 3. The molecule has 19 heavy (non-hydrogen) atoms. The lowest BCUT2D eigenvalue weighted by molar-refractivity contribution is 0.144. The molecule has 0 bridgehead atoms. The van der Waals surface area contributed by atoms with Crippen molar-refractivity contribution in [3.05, 3.63) is 53.1 Å². The first-order valence-electron chi connectivity index (χ1n) is 5.60. The molecule has 98 valence electrons. The predicted octanol–water partition coefficient (Wildman–Crippen LogP) is 3.52. The number of ether oxygens (including phenoxy) is 1. The van der Waals surface area contributed by atoms with E-state index < -0.39 is 6.16 Å². The Labute approximate surface area is 115 Å². The molecule has 0 spiro atoms. The number of hydrogen-bond donors (Lipinski definition) is 2. The zero-order valence-electron chi connectivity index (χ0n) is 9.97. The van der Waals surface area contributed by atoms with Crippen molar-refractivity contribution in [3.63, 3.8) is 0 Å². The van der Waals surface area contributed by atoms with E-state index in [1.807, 2.05) is 24.3 Å². The summed E-state index contributed by atoms with van der Waals surface area (Å²) >= 11 is 5.94. The predicted molar refractivity (Wildman–Crippen MR) is 73.4 cm³/mol. The Bertz CT molecular complexity index is 596. The van der Waals surface area contributed by atoms with Gasteiger partial charge in [0.15, 0.2) is 0 Å². The Morgan fingerprint density at radius 3 is 2.47 bits per heavy atom. The maximum atomic E-state index is 10.7. The summed E-state index contributed by atoms with van der Waals surface area (Å²) in [5, 5.41) is 9.23. The van der Waals surface area contributed by atoms with E-state index in [2.05, 4.69) is 0 Å². The first kappa shape index (κ1) is 13.4. The fraction of sp³-hybridized carbons (Fsp3) is 0.0714. The molecule has 5 heteroatoms. The summed E-state index contributed by atoms with van der Waals surface area (Å²) in [5.74, 6) is 0.248. The van der Waals surface area contributed by atoms with E-state index in [1.165, 1.54) is 6.07 Å². The lowest BCUT2D eigenvalue weighted by Gasteiger charge is -2.09. The highest BCUT2D eigenvalue weighted by Gasteiger charge is 2.10. The molecule has 0 amide bonds. The quantitative estimate of drug-likeness (QED) is 0.665. The van der Waals surface area contributed by atoms with E-state index in [1.54, 1.807) is 12.1 Å². The fourth-order valence-corrected chi connectivity index (χ4v) is 1.90. The van der Waals surface area contributed by atoms with Gasteiger partial charge < -0.3 is 15.6 Å². The molecule has 2 aromatic carbocycles. The van der Waals surface area contributed by atoms with E-state index in [-0.39, 0.29) is 5.75 Å². The molecule has 0 unspecified atom stereocenters. The minimum absolute atomic E-state index is 0.248. The van der Waals surface area contributed by atoms with Crippen LogP contribution >= 0.6 is 11.6 Å². The molecule has 2 aromatic rings. The van der Waals surface area contributed by atoms with Gasteiger partial charge in [-0.1, -0.05) is 35.9 Å². The summed E-state index contributed by atoms with van der Waals surface area (Å²) in [6, 6.07) is 12.2. The van der Waals surface area contributed by atoms with Gasteiger partial charge in [-0.2, -0.15) is 0 Å². The largest absolute Gasteiger partial charge is 0.511 e. The number of benzene rings is 2. The molecule has 0 fully saturated rings. The van der Waals surface area contributed by atoms with Crippen LogP contribution in [0.3, 0.4) is 0 Å². The normalized spacial score (nSPS) is 10.2. The third kappa shape index (κ3) is 3.24. The van der Waals surface area contributed by atoms with E-state index in [0.717, 1.165) is 11.1 Å². The maximum absolute atomic E-state index is 10.7. The summed E-state index contributed by atoms with van der Waals surface area (Å²) in [5.41, 5.74) is 7.97. The summed E-state index contributed by atoms with van der Waals surface area (Å²) in [4.78, 5) is 10.7. The number of hydrogen-bond acceptors (Lipinski definition) is 3. The van der Waals surface area contributed by atoms with Crippen molar-refractivity contribution < 1.29 is 14.6 Å². The van der Waals surface area contributed by atoms with Gasteiger partial charge in [0.1, 0.15) is 5.75 Å². The third-order valence-corrected chi connectivity index (χ3v) is 2.87. The van der Waals surface area contributed by atoms with Gasteiger partial charge in [0, 0.05) is 17.1 Å². The number of halogens is 1. The van der Waals surface area contributed by atoms with Gasteiger partial charge in [-0.05, 0) is 29.3 Å². The first-order valence-corrected chi connectivity index (χ1v) is 5.97. The molecule has 4 nitrogen and oxygen atoms in total. The second-order valence-electron chi connectivity index (χ2n) is 3.91. The molecule has 0 aliphatic carbocycles. The number of carbonyl (C=O) groups is 1. The van der Waals surface area contributed by atoms with E-state index in [9.17, 15) is 4.79 Å². The average Bonchev–Trinajstić information content (AvgIpc) is 2.40. The van der Waals surface area contributed by atoms with Crippen LogP contribution in [0.1, 0.15) is 5.56 Å². The zero-order valence-corrected chi connectivity index (χ0v) is 10.7. The third-order valence-electron chi connectivity index (χ3n) is 2.64. The second kappa shape index (κ2) is 5.73. The number of nitrogens with two attached hydrogens (primary N) is 1. The second-order valence-corrected chi connectivity index (χ2v) is 4.35. The lowest BCUT2D eigenvalue weighted by Crippen LogP contribution is -2.04. The molecule has 0 heterocycles. The van der Waals surface area contributed by atoms with Gasteiger partial charge >= 0.3 is 6.16 Å². The van der Waals surface area contributed by atoms with Crippen LogP contribution in [-0.4, -0.2) is 11.3 Å². The van der Waals surface area contributed by atoms with E-state index in [4.69, 9.17) is 27.2 Å². The summed E-state index contributed by atoms with van der Waals surface area (Å²) in [6.45, 7) is 0.453. The Hall–Kier alpha value is -2.04. The summed E-state index contributed by atoms with van der Waals surface area (Å²) in [6.07, 6.45) is -1.36. The average molecular weight is 278 g/mol. The first-order chi connectivity index (χ1) is 9.10. The SMILES string of the molecule is NCc1ccc(-c2cc(Cl)ccc2OC(=O)O)cc1. The molecule has 2 rings (SSSR count). The van der Waals surface area contributed by atoms with E-state index >= 15 is 0 Å². The van der Waals surface area contributed by atoms with Crippen LogP contribution in [0.2, 0.25) is 5.02 Å². The molecule has 0 aliphatic rings. The minimum Gasteiger partial charge on any atom is -0.449 e. The maximum Gasteiger partial charge on any atom is 0.511 e. The molecule has 0 saturated carbocycles. The summed E-state index contributed by atoms with van der Waals surface area (Å²) < 4.78 is 4.74. The zero-order chi connectivity index (χ0) is 13.8. The van der Waals surface area contributed by atoms with Crippen molar-refractivity contribution in [3.8, 4) is 16.9 Å². The van der Waals surface area contributed by atoms with Gasteiger partial charge in [-0.15, -0.1) is 0 Å². The van der Waals surface area contributed by atoms with Gasteiger partial charge in [0.25, 0.3) is 0 Å². The van der Waals surface area contributed by atoms with Gasteiger partial charge in [0.05, 0.1) is 0 Å². The Morgan fingerprint density at radius 1 is 1.21 bits per heavy atom. The summed E-state index contributed by atoms with van der Waals surface area (Å²) in [7, 11) is 0. The van der Waals surface area contributed by atoms with Crippen molar-refractivity contribution in [2.45, 2.75) is 6.54 Å². The van der Waals surface area contributed by atoms with Gasteiger partial charge in [-0.3, -0.25) is 0 Å². The monoisotopic (exact) mass is 277 g/mol. The smallest absolute Gasteiger partial charge is 0.449 e. The highest BCUT2D eigenvalue weighted by molar-refractivity contribution is 6.31. The van der Waals surface area contributed by atoms with Crippen molar-refractivity contribution in [1.29, 1.82) is 0 Å². The molecule has 0 saturated heterocycles. The van der Waals surface area contributed by atoms with Gasteiger partial charge in [-0.25, -0.2) is 4.79 Å². The van der Waals surface area contributed by atoms with E-state index in [0.29, 0.717) is 17.1 Å². The van der Waals surface area contributed by atoms with Crippen LogP contribution in [0.5, 0.6) is 5.75 Å². The standard InChI is InChI=1S/C14H12ClNO3/c15-11-5-6-13(19-14(17)18)12(7-11)10-3-1-9(8-16)2-4-10/h1-7H,8,16H2,(H,17,18). The van der Waals surface area contributed by atoms with Crippen molar-refractivity contribution >= 4 is 17.8 Å². The molecule has 0 radical (unpaired) electrons. The topological polar surface area (TPSA) is 72.5 Å². The van der Waals surface area contributed by atoms with Crippen LogP contribution in [0, 0.1) is 0 Å². The lowest BCUT2D eigenvalue weighted by atomic mass is 10.0.